The van der Waals surface area contributed by atoms with Gasteiger partial charge < -0.3 is 9.47 Å². The van der Waals surface area contributed by atoms with E-state index >= 15 is 0 Å². The largest absolute Gasteiger partial charge is 0.455 e. The van der Waals surface area contributed by atoms with Gasteiger partial charge in [0.2, 0.25) is 5.06 Å². The van der Waals surface area contributed by atoms with Crippen molar-refractivity contribution in [3.8, 4) is 22.3 Å². The fourth-order valence-electron chi connectivity index (χ4n) is 1.66. The van der Waals surface area contributed by atoms with E-state index in [1.54, 1.807) is 0 Å². The van der Waals surface area contributed by atoms with E-state index < -0.39 is 0 Å². The smallest absolute Gasteiger partial charge is 0.203 e. The minimum atomic E-state index is 0.489. The maximum Gasteiger partial charge on any atom is 0.203 e. The van der Waals surface area contributed by atoms with Crippen molar-refractivity contribution in [3.63, 3.8) is 0 Å². The molecule has 0 saturated carbocycles. The van der Waals surface area contributed by atoms with Gasteiger partial charge in [0, 0.05) is 5.38 Å². The summed E-state index contributed by atoms with van der Waals surface area (Å²) in [6.07, 6.45) is 0. The molecule has 0 radical (unpaired) electrons. The summed E-state index contributed by atoms with van der Waals surface area (Å²) in [4.78, 5) is 0. The summed E-state index contributed by atoms with van der Waals surface area (Å²) >= 11 is 7.70. The Kier molecular flexibility index (Phi) is 3.90. The molecule has 0 fully saturated rings. The quantitative estimate of drug-likeness (QED) is 0.589. The van der Waals surface area contributed by atoms with Crippen LogP contribution in [0.1, 0.15) is 0 Å². The molecule has 0 spiro atoms. The minimum absolute atomic E-state index is 0.489. The summed E-state index contributed by atoms with van der Waals surface area (Å²) in [7, 11) is 0. The molecule has 2 nitrogen and oxygen atoms in total. The molecule has 0 bridgehead atoms. The van der Waals surface area contributed by atoms with E-state index in [-0.39, 0.29) is 0 Å². The van der Waals surface area contributed by atoms with Crippen molar-refractivity contribution in [1.29, 1.82) is 0 Å². The van der Waals surface area contributed by atoms with E-state index in [1.807, 2.05) is 66.0 Å². The first-order valence-electron chi connectivity index (χ1n) is 6.06. The molecule has 1 aromatic heterocycles. The van der Waals surface area contributed by atoms with Crippen molar-refractivity contribution in [2.24, 2.45) is 0 Å². The lowest BCUT2D eigenvalue weighted by Crippen LogP contribution is -1.83. The van der Waals surface area contributed by atoms with Gasteiger partial charge >= 0.3 is 0 Å². The van der Waals surface area contributed by atoms with Crippen molar-refractivity contribution in [2.75, 3.05) is 0 Å². The molecule has 1 heterocycles. The van der Waals surface area contributed by atoms with E-state index in [9.17, 15) is 0 Å². The van der Waals surface area contributed by atoms with Gasteiger partial charge in [0.05, 0.1) is 0 Å². The Hall–Kier alpha value is -1.97. The van der Waals surface area contributed by atoms with Gasteiger partial charge in [-0.05, 0) is 24.3 Å². The zero-order chi connectivity index (χ0) is 13.8. The lowest BCUT2D eigenvalue weighted by Gasteiger charge is -2.05. The average Bonchev–Trinajstić information content (AvgIpc) is 2.83. The van der Waals surface area contributed by atoms with E-state index in [1.165, 1.54) is 11.3 Å². The number of hydrogen-bond acceptors (Lipinski definition) is 3. The van der Waals surface area contributed by atoms with Gasteiger partial charge in [-0.25, -0.2) is 0 Å². The molecule has 0 aliphatic heterocycles. The summed E-state index contributed by atoms with van der Waals surface area (Å²) in [6, 6.07) is 19.1. The molecule has 0 unspecified atom stereocenters. The van der Waals surface area contributed by atoms with Gasteiger partial charge in [-0.2, -0.15) is 0 Å². The molecule has 0 saturated heterocycles. The SMILES string of the molecule is Clc1c(Oc2ccccc2)csc1Oc1ccccc1. The highest BCUT2D eigenvalue weighted by atomic mass is 35.5. The van der Waals surface area contributed by atoms with Crippen molar-refractivity contribution in [2.45, 2.75) is 0 Å². The number of para-hydroxylation sites is 2. The summed E-state index contributed by atoms with van der Waals surface area (Å²) in [5, 5.41) is 2.96. The Morgan fingerprint density at radius 2 is 1.30 bits per heavy atom. The lowest BCUT2D eigenvalue weighted by molar-refractivity contribution is 0.473. The number of halogens is 1. The zero-order valence-corrected chi connectivity index (χ0v) is 12.0. The number of ether oxygens (including phenoxy) is 2. The molecule has 0 N–H and O–H groups in total. The maximum atomic E-state index is 6.28. The molecular weight excluding hydrogens is 292 g/mol. The summed E-state index contributed by atoms with van der Waals surface area (Å²) < 4.78 is 11.5. The Bertz CT molecular complexity index is 621. The predicted molar refractivity (Wildman–Crippen MR) is 82.4 cm³/mol. The second-order valence-corrected chi connectivity index (χ2v) is 5.25. The Morgan fingerprint density at radius 1 is 0.750 bits per heavy atom. The van der Waals surface area contributed by atoms with Crippen LogP contribution in [0.4, 0.5) is 0 Å². The lowest BCUT2D eigenvalue weighted by atomic mass is 10.3. The Labute approximate surface area is 126 Å². The molecule has 4 heteroatoms. The summed E-state index contributed by atoms with van der Waals surface area (Å²) in [5.74, 6) is 2.11. The van der Waals surface area contributed by atoms with Crippen LogP contribution in [0.25, 0.3) is 0 Å². The van der Waals surface area contributed by atoms with Gasteiger partial charge in [0.15, 0.2) is 5.75 Å². The standard InChI is InChI=1S/C16H11ClO2S/c17-15-14(18-12-7-3-1-4-8-12)11-20-16(15)19-13-9-5-2-6-10-13/h1-11H. The van der Waals surface area contributed by atoms with Crippen LogP contribution in [-0.2, 0) is 0 Å². The van der Waals surface area contributed by atoms with E-state index in [2.05, 4.69) is 0 Å². The van der Waals surface area contributed by atoms with Crippen LogP contribution in [0.2, 0.25) is 5.02 Å². The van der Waals surface area contributed by atoms with Crippen LogP contribution in [0, 0.1) is 0 Å². The third kappa shape index (κ3) is 2.95. The van der Waals surface area contributed by atoms with Crippen LogP contribution in [0.3, 0.4) is 0 Å². The molecule has 3 rings (SSSR count). The summed E-state index contributed by atoms with van der Waals surface area (Å²) in [5.41, 5.74) is 0. The molecule has 0 atom stereocenters. The fraction of sp³-hybridized carbons (Fsp3) is 0. The molecular formula is C16H11ClO2S. The van der Waals surface area contributed by atoms with Crippen molar-refractivity contribution in [1.82, 2.24) is 0 Å². The summed E-state index contributed by atoms with van der Waals surface area (Å²) in [6.45, 7) is 0. The molecule has 0 aliphatic carbocycles. The van der Waals surface area contributed by atoms with Gasteiger partial charge in [0.25, 0.3) is 0 Å². The molecule has 3 aromatic rings. The zero-order valence-electron chi connectivity index (χ0n) is 10.5. The highest BCUT2D eigenvalue weighted by molar-refractivity contribution is 7.13. The van der Waals surface area contributed by atoms with Gasteiger partial charge in [-0.15, -0.1) is 11.3 Å². The van der Waals surface area contributed by atoms with E-state index in [4.69, 9.17) is 21.1 Å². The molecule has 20 heavy (non-hydrogen) atoms. The van der Waals surface area contributed by atoms with E-state index in [0.717, 1.165) is 11.5 Å². The first-order valence-corrected chi connectivity index (χ1v) is 7.31. The van der Waals surface area contributed by atoms with Crippen molar-refractivity contribution >= 4 is 22.9 Å². The highest BCUT2D eigenvalue weighted by Gasteiger charge is 2.13. The van der Waals surface area contributed by atoms with Crippen LogP contribution in [0.5, 0.6) is 22.3 Å². The van der Waals surface area contributed by atoms with Crippen LogP contribution in [0.15, 0.2) is 66.0 Å². The maximum absolute atomic E-state index is 6.28. The molecule has 0 amide bonds. The number of benzene rings is 2. The normalized spacial score (nSPS) is 10.2. The van der Waals surface area contributed by atoms with Crippen molar-refractivity contribution in [3.05, 3.63) is 71.1 Å². The molecule has 2 aromatic carbocycles. The highest BCUT2D eigenvalue weighted by Crippen LogP contribution is 2.44. The van der Waals surface area contributed by atoms with Gasteiger partial charge in [-0.3, -0.25) is 0 Å². The fourth-order valence-corrected chi connectivity index (χ4v) is 2.72. The number of thiophene rings is 1. The first kappa shape index (κ1) is 13.0. The van der Waals surface area contributed by atoms with Crippen LogP contribution in [-0.4, -0.2) is 0 Å². The predicted octanol–water partition coefficient (Wildman–Crippen LogP) is 5.99. The monoisotopic (exact) mass is 302 g/mol. The van der Waals surface area contributed by atoms with Gasteiger partial charge in [-0.1, -0.05) is 48.0 Å². The number of hydrogen-bond donors (Lipinski definition) is 0. The van der Waals surface area contributed by atoms with E-state index in [0.29, 0.717) is 15.8 Å². The Balaban J connectivity index is 1.79. The van der Waals surface area contributed by atoms with Crippen LogP contribution >= 0.6 is 22.9 Å². The topological polar surface area (TPSA) is 18.5 Å². The minimum Gasteiger partial charge on any atom is -0.455 e. The number of rotatable bonds is 4. The second-order valence-electron chi connectivity index (χ2n) is 4.03. The van der Waals surface area contributed by atoms with Crippen molar-refractivity contribution < 1.29 is 9.47 Å². The average molecular weight is 303 g/mol. The third-order valence-electron chi connectivity index (χ3n) is 2.59. The Morgan fingerprint density at radius 3 is 1.90 bits per heavy atom. The third-order valence-corrected chi connectivity index (χ3v) is 3.90. The van der Waals surface area contributed by atoms with Gasteiger partial charge in [0.1, 0.15) is 16.5 Å². The molecule has 100 valence electrons. The first-order chi connectivity index (χ1) is 9.83. The second kappa shape index (κ2) is 5.99. The molecule has 0 aliphatic rings. The van der Waals surface area contributed by atoms with Crippen LogP contribution < -0.4 is 9.47 Å².